The van der Waals surface area contributed by atoms with E-state index >= 15 is 0 Å². The summed E-state index contributed by atoms with van der Waals surface area (Å²) in [6, 6.07) is 3.89. The molecule has 1 saturated heterocycles. The molecule has 1 aliphatic rings. The topological polar surface area (TPSA) is 27.8 Å². The van der Waals surface area contributed by atoms with Crippen LogP contribution in [0.5, 0.6) is 0 Å². The van der Waals surface area contributed by atoms with Crippen LogP contribution in [0.1, 0.15) is 19.3 Å². The molecule has 2 rings (SSSR count). The van der Waals surface area contributed by atoms with Crippen LogP contribution in [0.2, 0.25) is 0 Å². The van der Waals surface area contributed by atoms with Gasteiger partial charge in [0.15, 0.2) is 0 Å². The van der Waals surface area contributed by atoms with Crippen molar-refractivity contribution in [2.45, 2.75) is 19.3 Å². The maximum Gasteiger partial charge on any atom is 0.000496 e. The van der Waals surface area contributed by atoms with Crippen LogP contribution in [0.15, 0.2) is 24.5 Å². The van der Waals surface area contributed by atoms with Gasteiger partial charge in [-0.15, -0.1) is 0 Å². The highest BCUT2D eigenvalue weighted by Gasteiger charge is 1.93. The van der Waals surface area contributed by atoms with E-state index in [2.05, 4.69) is 10.3 Å². The lowest BCUT2D eigenvalue weighted by Crippen LogP contribution is -2.21. The third-order valence-electron chi connectivity index (χ3n) is 1.70. The lowest BCUT2D eigenvalue weighted by atomic mass is 10.2. The van der Waals surface area contributed by atoms with Gasteiger partial charge in [0, 0.05) is 12.4 Å². The summed E-state index contributed by atoms with van der Waals surface area (Å²) >= 11 is 0. The first-order chi connectivity index (χ1) is 5.50. The molecule has 0 radical (unpaired) electrons. The number of aromatic nitrogens is 1. The van der Waals surface area contributed by atoms with E-state index in [1.165, 1.54) is 32.4 Å². The summed E-state index contributed by atoms with van der Waals surface area (Å²) in [4.78, 5) is 2.86. The first-order valence-electron chi connectivity index (χ1n) is 4.28. The van der Waals surface area contributed by atoms with Crippen LogP contribution in [-0.2, 0) is 0 Å². The molecule has 0 aromatic carbocycles. The number of nitrogens with one attached hydrogen (secondary N) is 2. The summed E-state index contributed by atoms with van der Waals surface area (Å²) in [5.41, 5.74) is 0. The fraction of sp³-hybridized carbons (Fsp3) is 0.556. The van der Waals surface area contributed by atoms with E-state index in [-0.39, 0.29) is 0 Å². The minimum atomic E-state index is 1.25. The third kappa shape index (κ3) is 4.62. The fourth-order valence-electron chi connectivity index (χ4n) is 1.08. The van der Waals surface area contributed by atoms with Crippen molar-refractivity contribution in [1.29, 1.82) is 0 Å². The average molecular weight is 152 g/mol. The van der Waals surface area contributed by atoms with E-state index in [0.29, 0.717) is 0 Å². The van der Waals surface area contributed by atoms with Crippen molar-refractivity contribution >= 4 is 0 Å². The van der Waals surface area contributed by atoms with Gasteiger partial charge in [0.1, 0.15) is 0 Å². The molecule has 11 heavy (non-hydrogen) atoms. The number of hydrogen-bond acceptors (Lipinski definition) is 1. The summed E-state index contributed by atoms with van der Waals surface area (Å²) in [5.74, 6) is 0. The Morgan fingerprint density at radius 1 is 0.818 bits per heavy atom. The van der Waals surface area contributed by atoms with Crippen LogP contribution in [0.3, 0.4) is 0 Å². The lowest BCUT2D eigenvalue weighted by Gasteiger charge is -2.08. The molecular formula is C9H16N2. The van der Waals surface area contributed by atoms with Crippen LogP contribution in [0.4, 0.5) is 0 Å². The van der Waals surface area contributed by atoms with Gasteiger partial charge in [-0.2, -0.15) is 0 Å². The van der Waals surface area contributed by atoms with Crippen molar-refractivity contribution in [3.63, 3.8) is 0 Å². The van der Waals surface area contributed by atoms with Crippen molar-refractivity contribution in [1.82, 2.24) is 10.3 Å². The SMILES string of the molecule is C1CCNCC1.c1cc[nH]c1. The molecule has 2 N–H and O–H groups in total. The number of hydrogen-bond donors (Lipinski definition) is 2. The molecular weight excluding hydrogens is 136 g/mol. The summed E-state index contributed by atoms with van der Waals surface area (Å²) in [6.07, 6.45) is 7.97. The first-order valence-corrected chi connectivity index (χ1v) is 4.28. The van der Waals surface area contributed by atoms with Crippen molar-refractivity contribution in [3.05, 3.63) is 24.5 Å². The van der Waals surface area contributed by atoms with E-state index in [4.69, 9.17) is 0 Å². The maximum absolute atomic E-state index is 3.28. The van der Waals surface area contributed by atoms with Crippen molar-refractivity contribution in [3.8, 4) is 0 Å². The van der Waals surface area contributed by atoms with Crippen molar-refractivity contribution in [2.24, 2.45) is 0 Å². The minimum absolute atomic E-state index is 1.25. The normalized spacial score (nSPS) is 16.7. The van der Waals surface area contributed by atoms with Gasteiger partial charge in [0.25, 0.3) is 0 Å². The monoisotopic (exact) mass is 152 g/mol. The number of rotatable bonds is 0. The van der Waals surface area contributed by atoms with Gasteiger partial charge in [-0.25, -0.2) is 0 Å². The Morgan fingerprint density at radius 3 is 1.64 bits per heavy atom. The number of H-pyrrole nitrogens is 1. The van der Waals surface area contributed by atoms with Gasteiger partial charge in [0.2, 0.25) is 0 Å². The largest absolute Gasteiger partial charge is 0.368 e. The van der Waals surface area contributed by atoms with Crippen LogP contribution in [0.25, 0.3) is 0 Å². The average Bonchev–Trinajstić information content (AvgIpc) is 2.64. The molecule has 0 saturated carbocycles. The molecule has 1 fully saturated rings. The molecule has 0 atom stereocenters. The third-order valence-corrected chi connectivity index (χ3v) is 1.70. The highest BCUT2D eigenvalue weighted by molar-refractivity contribution is 4.84. The van der Waals surface area contributed by atoms with E-state index in [9.17, 15) is 0 Å². The van der Waals surface area contributed by atoms with Gasteiger partial charge < -0.3 is 10.3 Å². The Hall–Kier alpha value is -0.760. The van der Waals surface area contributed by atoms with Gasteiger partial charge in [0.05, 0.1) is 0 Å². The molecule has 2 nitrogen and oxygen atoms in total. The fourth-order valence-corrected chi connectivity index (χ4v) is 1.08. The molecule has 1 aliphatic heterocycles. The van der Waals surface area contributed by atoms with Crippen molar-refractivity contribution in [2.75, 3.05) is 13.1 Å². The Labute approximate surface area is 68.0 Å². The summed E-state index contributed by atoms with van der Waals surface area (Å²) < 4.78 is 0. The minimum Gasteiger partial charge on any atom is -0.368 e. The first kappa shape index (κ1) is 8.34. The molecule has 0 unspecified atom stereocenters. The summed E-state index contributed by atoms with van der Waals surface area (Å²) in [7, 11) is 0. The van der Waals surface area contributed by atoms with Crippen LogP contribution in [0, 0.1) is 0 Å². The Bertz CT molecular complexity index is 114. The van der Waals surface area contributed by atoms with E-state index in [1.54, 1.807) is 0 Å². The van der Waals surface area contributed by atoms with E-state index < -0.39 is 0 Å². The molecule has 0 aliphatic carbocycles. The zero-order valence-electron chi connectivity index (χ0n) is 6.84. The second-order valence-electron chi connectivity index (χ2n) is 2.70. The standard InChI is InChI=1S/C5H11N.C4H5N/c1-2-4-6-5-3-1;1-2-4-5-3-1/h6H,1-5H2;1-5H. The number of piperidine rings is 1. The summed E-state index contributed by atoms with van der Waals surface area (Å²) in [6.45, 7) is 2.50. The molecule has 0 spiro atoms. The molecule has 62 valence electrons. The second kappa shape index (κ2) is 5.98. The Kier molecular flexibility index (Phi) is 4.54. The quantitative estimate of drug-likeness (QED) is 0.582. The van der Waals surface area contributed by atoms with Crippen LogP contribution in [-0.4, -0.2) is 18.1 Å². The predicted octanol–water partition coefficient (Wildman–Crippen LogP) is 1.77. The number of aromatic amines is 1. The van der Waals surface area contributed by atoms with E-state index in [1.807, 2.05) is 24.5 Å². The molecule has 0 bridgehead atoms. The Balaban J connectivity index is 0.000000112. The predicted molar refractivity (Wildman–Crippen MR) is 47.5 cm³/mol. The molecule has 0 amide bonds. The second-order valence-corrected chi connectivity index (χ2v) is 2.70. The molecule has 2 heteroatoms. The van der Waals surface area contributed by atoms with Crippen LogP contribution >= 0.6 is 0 Å². The lowest BCUT2D eigenvalue weighted by molar-refractivity contribution is 0.520. The van der Waals surface area contributed by atoms with E-state index in [0.717, 1.165) is 0 Å². The highest BCUT2D eigenvalue weighted by Crippen LogP contribution is 1.96. The zero-order valence-corrected chi connectivity index (χ0v) is 6.84. The summed E-state index contributed by atoms with van der Waals surface area (Å²) in [5, 5.41) is 3.28. The van der Waals surface area contributed by atoms with Gasteiger partial charge >= 0.3 is 0 Å². The van der Waals surface area contributed by atoms with Crippen LogP contribution < -0.4 is 5.32 Å². The molecule has 1 aromatic rings. The van der Waals surface area contributed by atoms with Crippen molar-refractivity contribution < 1.29 is 0 Å². The smallest absolute Gasteiger partial charge is 0.000496 e. The molecule has 2 heterocycles. The maximum atomic E-state index is 3.28. The molecule has 1 aromatic heterocycles. The highest BCUT2D eigenvalue weighted by atomic mass is 14.9. The Morgan fingerprint density at radius 2 is 1.45 bits per heavy atom. The van der Waals surface area contributed by atoms with Gasteiger partial charge in [-0.3, -0.25) is 0 Å². The van der Waals surface area contributed by atoms with Gasteiger partial charge in [-0.1, -0.05) is 6.42 Å². The zero-order chi connectivity index (χ0) is 7.78. The van der Waals surface area contributed by atoms with Gasteiger partial charge in [-0.05, 0) is 38.1 Å².